The first-order valence-electron chi connectivity index (χ1n) is 4.50. The minimum absolute atomic E-state index is 0.0415. The van der Waals surface area contributed by atoms with Gasteiger partial charge in [0.15, 0.2) is 0 Å². The third-order valence-electron chi connectivity index (χ3n) is 1.54. The van der Waals surface area contributed by atoms with Gasteiger partial charge in [0.05, 0.1) is 17.8 Å². The van der Waals surface area contributed by atoms with Gasteiger partial charge in [-0.25, -0.2) is 9.78 Å². The Kier molecular flexibility index (Phi) is 4.55. The topological polar surface area (TPSA) is 59.4 Å². The van der Waals surface area contributed by atoms with Crippen molar-refractivity contribution in [2.75, 3.05) is 13.2 Å². The van der Waals surface area contributed by atoms with Crippen LogP contribution in [0.2, 0.25) is 0 Å². The molecular weight excluding hydrogens is 202 g/mol. The molecule has 0 fully saturated rings. The van der Waals surface area contributed by atoms with Crippen LogP contribution in [0.5, 0.6) is 0 Å². The van der Waals surface area contributed by atoms with Crippen LogP contribution in [0.4, 0.5) is 0 Å². The predicted octanol–water partition coefficient (Wildman–Crippen LogP) is 1.24. The number of rotatable bonds is 5. The zero-order valence-corrected chi connectivity index (χ0v) is 8.84. The smallest absolute Gasteiger partial charge is 0.350 e. The lowest BCUT2D eigenvalue weighted by Crippen LogP contribution is -2.06. The summed E-state index contributed by atoms with van der Waals surface area (Å²) in [6.45, 7) is 1.96. The standard InChI is InChI=1S/C9H13NO3S/c1-2-3-8-10-6-7(14-8)9(12)13-5-4-11/h6,11H,2-5H2,1H3. The highest BCUT2D eigenvalue weighted by atomic mass is 32.1. The van der Waals surface area contributed by atoms with E-state index in [4.69, 9.17) is 9.84 Å². The van der Waals surface area contributed by atoms with Crippen molar-refractivity contribution in [3.05, 3.63) is 16.1 Å². The van der Waals surface area contributed by atoms with Crippen molar-refractivity contribution in [3.8, 4) is 0 Å². The Labute approximate surface area is 86.6 Å². The average Bonchev–Trinajstić information content (AvgIpc) is 2.63. The molecule has 1 aromatic heterocycles. The van der Waals surface area contributed by atoms with Crippen molar-refractivity contribution >= 4 is 17.3 Å². The molecule has 0 aliphatic heterocycles. The van der Waals surface area contributed by atoms with Crippen LogP contribution in [0, 0.1) is 0 Å². The van der Waals surface area contributed by atoms with Crippen LogP contribution in [0.3, 0.4) is 0 Å². The molecule has 1 N–H and O–H groups in total. The molecule has 0 aliphatic carbocycles. The van der Waals surface area contributed by atoms with Crippen LogP contribution in [0.25, 0.3) is 0 Å². The number of aliphatic hydroxyl groups is 1. The number of nitrogens with zero attached hydrogens (tertiary/aromatic N) is 1. The second kappa shape index (κ2) is 5.72. The molecule has 78 valence electrons. The Hall–Kier alpha value is -0.940. The molecule has 1 aromatic rings. The highest BCUT2D eigenvalue weighted by molar-refractivity contribution is 7.13. The molecule has 14 heavy (non-hydrogen) atoms. The van der Waals surface area contributed by atoms with Crippen LogP contribution in [-0.2, 0) is 11.2 Å². The van der Waals surface area contributed by atoms with Crippen molar-refractivity contribution in [1.82, 2.24) is 4.98 Å². The number of ether oxygens (including phenoxy) is 1. The second-order valence-corrected chi connectivity index (χ2v) is 3.84. The number of hydrogen-bond acceptors (Lipinski definition) is 5. The van der Waals surface area contributed by atoms with Gasteiger partial charge >= 0.3 is 5.97 Å². The summed E-state index contributed by atoms with van der Waals surface area (Å²) in [5, 5.41) is 9.41. The summed E-state index contributed by atoms with van der Waals surface area (Å²) >= 11 is 1.35. The highest BCUT2D eigenvalue weighted by Crippen LogP contribution is 2.15. The van der Waals surface area contributed by atoms with Gasteiger partial charge in [-0.3, -0.25) is 0 Å². The first-order valence-corrected chi connectivity index (χ1v) is 5.32. The number of carbonyl (C=O) groups is 1. The molecule has 0 aromatic carbocycles. The summed E-state index contributed by atoms with van der Waals surface area (Å²) in [6, 6.07) is 0. The van der Waals surface area contributed by atoms with Gasteiger partial charge in [-0.1, -0.05) is 6.92 Å². The molecule has 5 heteroatoms. The molecule has 0 spiro atoms. The van der Waals surface area contributed by atoms with Crippen LogP contribution < -0.4 is 0 Å². The number of hydrogen-bond donors (Lipinski definition) is 1. The van der Waals surface area contributed by atoms with Gasteiger partial charge in [0.2, 0.25) is 0 Å². The summed E-state index contributed by atoms with van der Waals surface area (Å²) in [4.78, 5) is 15.9. The number of aliphatic hydroxyl groups excluding tert-OH is 1. The van der Waals surface area contributed by atoms with Crippen LogP contribution >= 0.6 is 11.3 Å². The molecule has 0 saturated heterocycles. The number of carbonyl (C=O) groups excluding carboxylic acids is 1. The zero-order valence-electron chi connectivity index (χ0n) is 8.02. The van der Waals surface area contributed by atoms with Gasteiger partial charge in [0, 0.05) is 0 Å². The molecule has 4 nitrogen and oxygen atoms in total. The minimum Gasteiger partial charge on any atom is -0.459 e. The Morgan fingerprint density at radius 2 is 2.50 bits per heavy atom. The van der Waals surface area contributed by atoms with Crippen LogP contribution in [-0.4, -0.2) is 29.3 Å². The number of aromatic nitrogens is 1. The Morgan fingerprint density at radius 3 is 3.14 bits per heavy atom. The Morgan fingerprint density at radius 1 is 1.71 bits per heavy atom. The normalized spacial score (nSPS) is 10.1. The fraction of sp³-hybridized carbons (Fsp3) is 0.556. The summed E-state index contributed by atoms with van der Waals surface area (Å²) in [6.07, 6.45) is 3.42. The van der Waals surface area contributed by atoms with Gasteiger partial charge in [0.25, 0.3) is 0 Å². The fourth-order valence-corrected chi connectivity index (χ4v) is 1.86. The first kappa shape index (κ1) is 11.1. The maximum absolute atomic E-state index is 11.3. The largest absolute Gasteiger partial charge is 0.459 e. The molecule has 0 saturated carbocycles. The molecule has 0 bridgehead atoms. The van der Waals surface area contributed by atoms with E-state index in [9.17, 15) is 4.79 Å². The summed E-state index contributed by atoms with van der Waals surface area (Å²) in [7, 11) is 0. The van der Waals surface area contributed by atoms with Gasteiger partial charge in [-0.2, -0.15) is 0 Å². The summed E-state index contributed by atoms with van der Waals surface area (Å²) in [5.74, 6) is -0.404. The molecular formula is C9H13NO3S. The van der Waals surface area contributed by atoms with E-state index in [1.165, 1.54) is 17.5 Å². The monoisotopic (exact) mass is 215 g/mol. The summed E-state index contributed by atoms with van der Waals surface area (Å²) in [5.41, 5.74) is 0. The van der Waals surface area contributed by atoms with E-state index in [1.807, 2.05) is 0 Å². The third-order valence-corrected chi connectivity index (χ3v) is 2.58. The zero-order chi connectivity index (χ0) is 10.4. The Balaban J connectivity index is 2.53. The van der Waals surface area contributed by atoms with E-state index in [2.05, 4.69) is 11.9 Å². The van der Waals surface area contributed by atoms with Crippen LogP contribution in [0.15, 0.2) is 6.20 Å². The minimum atomic E-state index is -0.404. The molecule has 0 atom stereocenters. The van der Waals surface area contributed by atoms with Crippen molar-refractivity contribution in [1.29, 1.82) is 0 Å². The molecule has 0 amide bonds. The number of thiazole rings is 1. The van der Waals surface area contributed by atoms with Crippen molar-refractivity contribution in [2.24, 2.45) is 0 Å². The number of aryl methyl sites for hydroxylation is 1. The average molecular weight is 215 g/mol. The van der Waals surface area contributed by atoms with Crippen LogP contribution in [0.1, 0.15) is 28.0 Å². The lowest BCUT2D eigenvalue weighted by Gasteiger charge is -1.97. The van der Waals surface area contributed by atoms with Crippen molar-refractivity contribution in [2.45, 2.75) is 19.8 Å². The quantitative estimate of drug-likeness (QED) is 0.751. The summed E-state index contributed by atoms with van der Waals surface area (Å²) < 4.78 is 4.75. The van der Waals surface area contributed by atoms with Gasteiger partial charge in [-0.15, -0.1) is 11.3 Å². The van der Waals surface area contributed by atoms with Crippen molar-refractivity contribution < 1.29 is 14.6 Å². The second-order valence-electron chi connectivity index (χ2n) is 2.73. The third kappa shape index (κ3) is 3.08. The molecule has 1 heterocycles. The van der Waals surface area contributed by atoms with Gasteiger partial charge in [0.1, 0.15) is 11.5 Å². The van der Waals surface area contributed by atoms with E-state index in [1.54, 1.807) is 0 Å². The molecule has 0 unspecified atom stereocenters. The SMILES string of the molecule is CCCc1ncc(C(=O)OCCO)s1. The maximum Gasteiger partial charge on any atom is 0.350 e. The maximum atomic E-state index is 11.3. The van der Waals surface area contributed by atoms with Crippen molar-refractivity contribution in [3.63, 3.8) is 0 Å². The van der Waals surface area contributed by atoms with E-state index in [-0.39, 0.29) is 13.2 Å². The van der Waals surface area contributed by atoms with Gasteiger partial charge < -0.3 is 9.84 Å². The molecule has 0 radical (unpaired) electrons. The number of esters is 1. The van der Waals surface area contributed by atoms with Gasteiger partial charge in [-0.05, 0) is 12.8 Å². The Bertz CT molecular complexity index is 298. The van der Waals surface area contributed by atoms with E-state index < -0.39 is 5.97 Å². The molecule has 0 aliphatic rings. The predicted molar refractivity (Wildman–Crippen MR) is 53.5 cm³/mol. The lowest BCUT2D eigenvalue weighted by molar-refractivity contribution is 0.0439. The first-order chi connectivity index (χ1) is 6.77. The lowest BCUT2D eigenvalue weighted by atomic mass is 10.4. The van der Waals surface area contributed by atoms with E-state index >= 15 is 0 Å². The molecule has 1 rings (SSSR count). The van der Waals surface area contributed by atoms with E-state index in [0.29, 0.717) is 4.88 Å². The fourth-order valence-electron chi connectivity index (χ4n) is 0.944. The van der Waals surface area contributed by atoms with E-state index in [0.717, 1.165) is 17.8 Å². The highest BCUT2D eigenvalue weighted by Gasteiger charge is 2.10.